The quantitative estimate of drug-likeness (QED) is 0.705. The second-order valence-electron chi connectivity index (χ2n) is 3.50. The van der Waals surface area contributed by atoms with Crippen molar-refractivity contribution in [1.82, 2.24) is 15.3 Å². The molecule has 1 heterocycles. The van der Waals surface area contributed by atoms with Gasteiger partial charge in [0, 0.05) is 24.5 Å². The van der Waals surface area contributed by atoms with Crippen LogP contribution in [0, 0.1) is 0 Å². The molecular weight excluding hydrogens is 162 g/mol. The molecule has 0 aliphatic heterocycles. The van der Waals surface area contributed by atoms with Crippen LogP contribution in [0.2, 0.25) is 0 Å². The van der Waals surface area contributed by atoms with E-state index in [9.17, 15) is 0 Å². The van der Waals surface area contributed by atoms with Crippen LogP contribution >= 0.6 is 0 Å². The average Bonchev–Trinajstić information content (AvgIpc) is 2.64. The van der Waals surface area contributed by atoms with Crippen molar-refractivity contribution in [3.63, 3.8) is 0 Å². The van der Waals surface area contributed by atoms with E-state index in [0.717, 1.165) is 12.2 Å². The fourth-order valence-corrected chi connectivity index (χ4v) is 1.28. The summed E-state index contributed by atoms with van der Waals surface area (Å²) in [5, 5.41) is 3.45. The lowest BCUT2D eigenvalue weighted by Crippen LogP contribution is -2.25. The van der Waals surface area contributed by atoms with Crippen molar-refractivity contribution in [2.75, 3.05) is 0 Å². The third-order valence-corrected chi connectivity index (χ3v) is 2.19. The number of unbranched alkanes of at least 4 members (excludes halogenated alkanes) is 1. The van der Waals surface area contributed by atoms with Gasteiger partial charge < -0.3 is 10.3 Å². The minimum atomic E-state index is 0.600. The van der Waals surface area contributed by atoms with E-state index in [2.05, 4.69) is 29.1 Å². The standard InChI is InChI=1S/C10H19N3/c1-3-4-5-9(2)12-7-10-6-11-8-13-10/h6,8-9,12H,3-5,7H2,1-2H3,(H,11,13). The second kappa shape index (κ2) is 5.75. The van der Waals surface area contributed by atoms with E-state index in [0.29, 0.717) is 6.04 Å². The first-order chi connectivity index (χ1) is 6.33. The Morgan fingerprint density at radius 3 is 3.08 bits per heavy atom. The number of H-pyrrole nitrogens is 1. The molecule has 0 amide bonds. The first kappa shape index (κ1) is 10.3. The number of hydrogen-bond acceptors (Lipinski definition) is 2. The van der Waals surface area contributed by atoms with Crippen LogP contribution in [0.3, 0.4) is 0 Å². The summed E-state index contributed by atoms with van der Waals surface area (Å²) < 4.78 is 0. The van der Waals surface area contributed by atoms with E-state index in [1.165, 1.54) is 19.3 Å². The lowest BCUT2D eigenvalue weighted by atomic mass is 10.1. The van der Waals surface area contributed by atoms with Gasteiger partial charge in [-0.2, -0.15) is 0 Å². The maximum atomic E-state index is 3.97. The van der Waals surface area contributed by atoms with Crippen LogP contribution in [0.1, 0.15) is 38.8 Å². The summed E-state index contributed by atoms with van der Waals surface area (Å²) in [4.78, 5) is 7.04. The highest BCUT2D eigenvalue weighted by molar-refractivity contribution is 4.93. The molecule has 1 rings (SSSR count). The molecule has 1 aromatic heterocycles. The second-order valence-corrected chi connectivity index (χ2v) is 3.50. The highest BCUT2D eigenvalue weighted by Crippen LogP contribution is 2.00. The molecule has 74 valence electrons. The molecule has 1 atom stereocenters. The van der Waals surface area contributed by atoms with Crippen molar-refractivity contribution in [3.8, 4) is 0 Å². The van der Waals surface area contributed by atoms with E-state index in [-0.39, 0.29) is 0 Å². The van der Waals surface area contributed by atoms with Crippen molar-refractivity contribution < 1.29 is 0 Å². The van der Waals surface area contributed by atoms with E-state index < -0.39 is 0 Å². The lowest BCUT2D eigenvalue weighted by molar-refractivity contribution is 0.492. The Kier molecular flexibility index (Phi) is 4.54. The zero-order chi connectivity index (χ0) is 9.52. The van der Waals surface area contributed by atoms with Gasteiger partial charge in [0.2, 0.25) is 0 Å². The van der Waals surface area contributed by atoms with Gasteiger partial charge in [-0.1, -0.05) is 19.8 Å². The first-order valence-electron chi connectivity index (χ1n) is 5.03. The number of hydrogen-bond donors (Lipinski definition) is 2. The fraction of sp³-hybridized carbons (Fsp3) is 0.700. The molecule has 0 aliphatic rings. The average molecular weight is 181 g/mol. The van der Waals surface area contributed by atoms with Gasteiger partial charge in [0.25, 0.3) is 0 Å². The monoisotopic (exact) mass is 181 g/mol. The van der Waals surface area contributed by atoms with Crippen LogP contribution in [0.5, 0.6) is 0 Å². The van der Waals surface area contributed by atoms with Gasteiger partial charge in [-0.05, 0) is 13.3 Å². The molecular formula is C10H19N3. The molecule has 0 saturated heterocycles. The van der Waals surface area contributed by atoms with Gasteiger partial charge in [-0.15, -0.1) is 0 Å². The molecule has 0 radical (unpaired) electrons. The number of rotatable bonds is 6. The smallest absolute Gasteiger partial charge is 0.0922 e. The normalized spacial score (nSPS) is 13.1. The predicted octanol–water partition coefficient (Wildman–Crippen LogP) is 2.08. The summed E-state index contributed by atoms with van der Waals surface area (Å²) in [6.07, 6.45) is 7.41. The van der Waals surface area contributed by atoms with E-state index in [1.54, 1.807) is 6.33 Å². The first-order valence-corrected chi connectivity index (χ1v) is 5.03. The molecule has 0 aromatic carbocycles. The minimum Gasteiger partial charge on any atom is -0.347 e. The largest absolute Gasteiger partial charge is 0.347 e. The number of imidazole rings is 1. The van der Waals surface area contributed by atoms with Crippen LogP contribution in [0.4, 0.5) is 0 Å². The van der Waals surface area contributed by atoms with Crippen LogP contribution in [-0.4, -0.2) is 16.0 Å². The summed E-state index contributed by atoms with van der Waals surface area (Å²) in [5.74, 6) is 0. The maximum absolute atomic E-state index is 3.97. The van der Waals surface area contributed by atoms with Gasteiger partial charge in [0.15, 0.2) is 0 Å². The summed E-state index contributed by atoms with van der Waals surface area (Å²) in [6, 6.07) is 0.600. The van der Waals surface area contributed by atoms with Gasteiger partial charge in [-0.25, -0.2) is 4.98 Å². The van der Waals surface area contributed by atoms with Crippen molar-refractivity contribution in [2.45, 2.75) is 45.7 Å². The highest BCUT2D eigenvalue weighted by Gasteiger charge is 2.00. The van der Waals surface area contributed by atoms with Crippen molar-refractivity contribution >= 4 is 0 Å². The SMILES string of the molecule is CCCCC(C)NCc1cnc[nH]1. The summed E-state index contributed by atoms with van der Waals surface area (Å²) in [5.41, 5.74) is 1.16. The number of aromatic nitrogens is 2. The van der Waals surface area contributed by atoms with Gasteiger partial charge in [-0.3, -0.25) is 0 Å². The summed E-state index contributed by atoms with van der Waals surface area (Å²) in [6.45, 7) is 5.35. The maximum Gasteiger partial charge on any atom is 0.0922 e. The molecule has 3 heteroatoms. The molecule has 2 N–H and O–H groups in total. The molecule has 0 saturated carbocycles. The Morgan fingerprint density at radius 1 is 1.62 bits per heavy atom. The van der Waals surface area contributed by atoms with Crippen LogP contribution < -0.4 is 5.32 Å². The zero-order valence-electron chi connectivity index (χ0n) is 8.51. The number of nitrogens with one attached hydrogen (secondary N) is 2. The molecule has 13 heavy (non-hydrogen) atoms. The molecule has 1 unspecified atom stereocenters. The summed E-state index contributed by atoms with van der Waals surface area (Å²) in [7, 11) is 0. The topological polar surface area (TPSA) is 40.7 Å². The fourth-order valence-electron chi connectivity index (χ4n) is 1.28. The minimum absolute atomic E-state index is 0.600. The number of aromatic amines is 1. The Hall–Kier alpha value is -0.830. The molecule has 1 aromatic rings. The summed E-state index contributed by atoms with van der Waals surface area (Å²) >= 11 is 0. The van der Waals surface area contributed by atoms with Gasteiger partial charge in [0.05, 0.1) is 6.33 Å². The van der Waals surface area contributed by atoms with E-state index in [4.69, 9.17) is 0 Å². The predicted molar refractivity (Wildman–Crippen MR) is 54.4 cm³/mol. The molecule has 0 fully saturated rings. The van der Waals surface area contributed by atoms with Crippen LogP contribution in [-0.2, 0) is 6.54 Å². The Labute approximate surface area is 80.0 Å². The molecule has 3 nitrogen and oxygen atoms in total. The molecule has 0 bridgehead atoms. The third-order valence-electron chi connectivity index (χ3n) is 2.19. The Balaban J connectivity index is 2.11. The van der Waals surface area contributed by atoms with E-state index in [1.807, 2.05) is 6.20 Å². The van der Waals surface area contributed by atoms with Gasteiger partial charge in [0.1, 0.15) is 0 Å². The zero-order valence-corrected chi connectivity index (χ0v) is 8.51. The highest BCUT2D eigenvalue weighted by atomic mass is 14.9. The van der Waals surface area contributed by atoms with Crippen LogP contribution in [0.25, 0.3) is 0 Å². The van der Waals surface area contributed by atoms with Gasteiger partial charge >= 0.3 is 0 Å². The van der Waals surface area contributed by atoms with Crippen molar-refractivity contribution in [2.24, 2.45) is 0 Å². The molecule has 0 spiro atoms. The lowest BCUT2D eigenvalue weighted by Gasteiger charge is -2.11. The molecule has 0 aliphatic carbocycles. The number of nitrogens with zero attached hydrogens (tertiary/aromatic N) is 1. The third kappa shape index (κ3) is 4.08. The Morgan fingerprint density at radius 2 is 2.46 bits per heavy atom. The van der Waals surface area contributed by atoms with Crippen LogP contribution in [0.15, 0.2) is 12.5 Å². The Bertz CT molecular complexity index is 206. The van der Waals surface area contributed by atoms with E-state index >= 15 is 0 Å². The van der Waals surface area contributed by atoms with Crippen molar-refractivity contribution in [3.05, 3.63) is 18.2 Å². The van der Waals surface area contributed by atoms with Crippen molar-refractivity contribution in [1.29, 1.82) is 0 Å².